The minimum Gasteiger partial charge on any atom is -0.454 e. The number of imidazole rings is 1. The number of benzene rings is 6. The van der Waals surface area contributed by atoms with Gasteiger partial charge in [0.15, 0.2) is 11.4 Å². The van der Waals surface area contributed by atoms with Crippen LogP contribution >= 0.6 is 0 Å². The van der Waals surface area contributed by atoms with Crippen molar-refractivity contribution in [2.75, 3.05) is 0 Å². The van der Waals surface area contributed by atoms with Crippen molar-refractivity contribution in [1.29, 1.82) is 0 Å². The molecule has 224 valence electrons. The molecule has 48 heavy (non-hydrogen) atoms. The number of furan rings is 1. The summed E-state index contributed by atoms with van der Waals surface area (Å²) in [5.41, 5.74) is 12.8. The van der Waals surface area contributed by atoms with Crippen molar-refractivity contribution < 1.29 is 4.42 Å². The summed E-state index contributed by atoms with van der Waals surface area (Å²) < 4.78 is 8.85. The summed E-state index contributed by atoms with van der Waals surface area (Å²) in [4.78, 5) is 15.0. The molecule has 5 nitrogen and oxygen atoms in total. The second-order valence-electron chi connectivity index (χ2n) is 12.1. The Labute approximate surface area is 275 Å². The van der Waals surface area contributed by atoms with E-state index < -0.39 is 0 Å². The van der Waals surface area contributed by atoms with Crippen molar-refractivity contribution in [2.24, 2.45) is 0 Å². The zero-order valence-corrected chi connectivity index (χ0v) is 25.7. The van der Waals surface area contributed by atoms with Gasteiger partial charge < -0.3 is 4.42 Å². The Hall–Kier alpha value is -6.59. The van der Waals surface area contributed by atoms with Gasteiger partial charge in [-0.3, -0.25) is 4.40 Å². The highest BCUT2D eigenvalue weighted by molar-refractivity contribution is 6.19. The number of nitrogens with zero attached hydrogens (tertiary/aromatic N) is 4. The predicted octanol–water partition coefficient (Wildman–Crippen LogP) is 11.0. The van der Waals surface area contributed by atoms with Crippen LogP contribution in [0.25, 0.3) is 94.6 Å². The molecule has 4 aromatic heterocycles. The summed E-state index contributed by atoms with van der Waals surface area (Å²) >= 11 is 0. The highest BCUT2D eigenvalue weighted by Gasteiger charge is 2.19. The lowest BCUT2D eigenvalue weighted by atomic mass is 10.0. The second-order valence-corrected chi connectivity index (χ2v) is 12.1. The third-order valence-electron chi connectivity index (χ3n) is 9.20. The van der Waals surface area contributed by atoms with Crippen molar-refractivity contribution in [3.05, 3.63) is 158 Å². The lowest BCUT2D eigenvalue weighted by molar-refractivity contribution is 0.672. The summed E-state index contributed by atoms with van der Waals surface area (Å²) in [6, 6.07) is 54.3. The van der Waals surface area contributed by atoms with Crippen LogP contribution in [0.2, 0.25) is 0 Å². The van der Waals surface area contributed by atoms with Crippen LogP contribution in [0.5, 0.6) is 0 Å². The Balaban J connectivity index is 1.12. The van der Waals surface area contributed by atoms with Gasteiger partial charge in [-0.25, -0.2) is 15.0 Å². The van der Waals surface area contributed by atoms with Crippen molar-refractivity contribution in [3.8, 4) is 45.0 Å². The average Bonchev–Trinajstić information content (AvgIpc) is 3.74. The average molecular weight is 615 g/mol. The minimum absolute atomic E-state index is 0.708. The van der Waals surface area contributed by atoms with Crippen LogP contribution in [0, 0.1) is 0 Å². The molecule has 0 amide bonds. The van der Waals surface area contributed by atoms with Crippen molar-refractivity contribution >= 4 is 49.5 Å². The van der Waals surface area contributed by atoms with E-state index in [2.05, 4.69) is 120 Å². The molecule has 10 aromatic rings. The number of pyridine rings is 1. The fourth-order valence-electron chi connectivity index (χ4n) is 6.88. The molecule has 0 N–H and O–H groups in total. The van der Waals surface area contributed by atoms with E-state index in [1.807, 2.05) is 42.5 Å². The summed E-state index contributed by atoms with van der Waals surface area (Å²) in [6.45, 7) is 0. The van der Waals surface area contributed by atoms with E-state index in [9.17, 15) is 0 Å². The predicted molar refractivity (Wildman–Crippen MR) is 195 cm³/mol. The first-order valence-corrected chi connectivity index (χ1v) is 16.0. The molecule has 5 heteroatoms. The van der Waals surface area contributed by atoms with E-state index in [-0.39, 0.29) is 0 Å². The number of fused-ring (bicyclic) bond motifs is 10. The largest absolute Gasteiger partial charge is 0.454 e. The summed E-state index contributed by atoms with van der Waals surface area (Å²) in [6.07, 6.45) is 0. The molecule has 0 radical (unpaired) electrons. The van der Waals surface area contributed by atoms with Crippen LogP contribution in [0.3, 0.4) is 0 Å². The number of para-hydroxylation sites is 2. The van der Waals surface area contributed by atoms with Gasteiger partial charge in [-0.1, -0.05) is 127 Å². The molecule has 0 saturated heterocycles. The van der Waals surface area contributed by atoms with Crippen LogP contribution in [0.1, 0.15) is 0 Å². The van der Waals surface area contributed by atoms with Crippen molar-refractivity contribution in [1.82, 2.24) is 19.4 Å². The third kappa shape index (κ3) is 4.15. The minimum atomic E-state index is 0.708. The molecule has 6 aromatic carbocycles. The highest BCUT2D eigenvalue weighted by Crippen LogP contribution is 2.39. The molecule has 4 heterocycles. The van der Waals surface area contributed by atoms with Gasteiger partial charge in [0, 0.05) is 32.8 Å². The Morgan fingerprint density at radius 1 is 0.438 bits per heavy atom. The van der Waals surface area contributed by atoms with Gasteiger partial charge >= 0.3 is 0 Å². The topological polar surface area (TPSA) is 56.2 Å². The number of hydrogen-bond acceptors (Lipinski definition) is 4. The molecule has 0 aliphatic rings. The van der Waals surface area contributed by atoms with E-state index in [4.69, 9.17) is 19.4 Å². The van der Waals surface area contributed by atoms with Gasteiger partial charge in [0.1, 0.15) is 16.7 Å². The quantitative estimate of drug-likeness (QED) is 0.198. The molecule has 0 unspecified atom stereocenters. The van der Waals surface area contributed by atoms with Gasteiger partial charge in [0.2, 0.25) is 0 Å². The first-order valence-electron chi connectivity index (χ1n) is 16.0. The molecular formula is C43H26N4O. The SMILES string of the molecule is c1ccc(-c2cc(-c3ccc(-c4ccc5oc6c7ccccc7c7nc8ccccc8n7c6c5c4)cc3)nc(-c3ccccc3)n2)cc1. The van der Waals surface area contributed by atoms with Gasteiger partial charge in [-0.2, -0.15) is 0 Å². The molecule has 0 atom stereocenters. The monoisotopic (exact) mass is 614 g/mol. The maximum Gasteiger partial charge on any atom is 0.160 e. The number of hydrogen-bond donors (Lipinski definition) is 0. The van der Waals surface area contributed by atoms with E-state index in [0.29, 0.717) is 5.82 Å². The maximum atomic E-state index is 6.59. The smallest absolute Gasteiger partial charge is 0.160 e. The summed E-state index contributed by atoms with van der Waals surface area (Å²) in [7, 11) is 0. The Bertz CT molecular complexity index is 2760. The lowest BCUT2D eigenvalue weighted by Crippen LogP contribution is -1.95. The van der Waals surface area contributed by atoms with Crippen LogP contribution in [0.15, 0.2) is 162 Å². The Morgan fingerprint density at radius 3 is 1.81 bits per heavy atom. The standard InChI is InChI=1S/C43H26N4O/c1-3-11-28(12-4-1)36-26-37(45-42(44-36)30-13-5-2-6-14-30)29-21-19-27(20-22-29)31-23-24-39-34(25-31)40-41(48-39)32-15-7-8-16-33(32)43-46-35-17-9-10-18-38(35)47(40)43/h1-26H. The zero-order valence-electron chi connectivity index (χ0n) is 25.7. The van der Waals surface area contributed by atoms with Crippen LogP contribution in [-0.4, -0.2) is 19.4 Å². The zero-order chi connectivity index (χ0) is 31.6. The van der Waals surface area contributed by atoms with Crippen molar-refractivity contribution in [2.45, 2.75) is 0 Å². The maximum absolute atomic E-state index is 6.59. The molecule has 0 fully saturated rings. The Morgan fingerprint density at radius 2 is 1.04 bits per heavy atom. The fourth-order valence-corrected chi connectivity index (χ4v) is 6.88. The molecule has 0 bridgehead atoms. The molecule has 0 spiro atoms. The van der Waals surface area contributed by atoms with Gasteiger partial charge in [0.25, 0.3) is 0 Å². The molecule has 0 saturated carbocycles. The Kier molecular flexibility index (Phi) is 5.81. The van der Waals surface area contributed by atoms with E-state index in [1.54, 1.807) is 0 Å². The fraction of sp³-hybridized carbons (Fsp3) is 0. The van der Waals surface area contributed by atoms with Gasteiger partial charge in [-0.15, -0.1) is 0 Å². The summed E-state index contributed by atoms with van der Waals surface area (Å²) in [5, 5.41) is 3.19. The van der Waals surface area contributed by atoms with Crippen molar-refractivity contribution in [3.63, 3.8) is 0 Å². The van der Waals surface area contributed by atoms with E-state index in [1.165, 1.54) is 0 Å². The van der Waals surface area contributed by atoms with Gasteiger partial charge in [-0.05, 0) is 41.5 Å². The number of aromatic nitrogens is 4. The van der Waals surface area contributed by atoms with Crippen LogP contribution < -0.4 is 0 Å². The molecule has 0 aliphatic carbocycles. The lowest BCUT2D eigenvalue weighted by Gasteiger charge is -2.10. The third-order valence-corrected chi connectivity index (χ3v) is 9.20. The highest BCUT2D eigenvalue weighted by atomic mass is 16.3. The van der Waals surface area contributed by atoms with Gasteiger partial charge in [0.05, 0.1) is 22.4 Å². The second kappa shape index (κ2) is 10.5. The first-order chi connectivity index (χ1) is 23.8. The van der Waals surface area contributed by atoms with Crippen LogP contribution in [-0.2, 0) is 0 Å². The molecule has 10 rings (SSSR count). The van der Waals surface area contributed by atoms with E-state index in [0.717, 1.165) is 88.7 Å². The number of rotatable bonds is 4. The summed E-state index contributed by atoms with van der Waals surface area (Å²) in [5.74, 6) is 0.708. The van der Waals surface area contributed by atoms with Crippen LogP contribution in [0.4, 0.5) is 0 Å². The normalized spacial score (nSPS) is 11.8. The first kappa shape index (κ1) is 26.6. The molecular weight excluding hydrogens is 589 g/mol. The van der Waals surface area contributed by atoms with E-state index >= 15 is 0 Å². The molecule has 0 aliphatic heterocycles.